The summed E-state index contributed by atoms with van der Waals surface area (Å²) in [6, 6.07) is 2.94. The van der Waals surface area contributed by atoms with E-state index in [0.29, 0.717) is 4.90 Å². The molecule has 0 aliphatic rings. The zero-order valence-electron chi connectivity index (χ0n) is 11.7. The molecule has 22 heavy (non-hydrogen) atoms. The Morgan fingerprint density at radius 1 is 1.36 bits per heavy atom. The lowest BCUT2D eigenvalue weighted by Crippen LogP contribution is -2.39. The third-order valence-corrected chi connectivity index (χ3v) is 2.53. The lowest BCUT2D eigenvalue weighted by atomic mass is 10.1. The van der Waals surface area contributed by atoms with Crippen molar-refractivity contribution in [3.8, 4) is 0 Å². The molecule has 1 rings (SSSR count). The van der Waals surface area contributed by atoms with E-state index in [0.717, 1.165) is 31.2 Å². The number of rotatable bonds is 5. The molecule has 0 fully saturated rings. The molecule has 4 nitrogen and oxygen atoms in total. The molecule has 0 radical (unpaired) electrons. The molecule has 0 bridgehead atoms. The molecule has 0 aliphatic carbocycles. The van der Waals surface area contributed by atoms with Crippen molar-refractivity contribution in [2.75, 3.05) is 18.4 Å². The molecular formula is C14H14F4N2O2. The topological polar surface area (TPSA) is 49.4 Å². The predicted molar refractivity (Wildman–Crippen MR) is 72.9 cm³/mol. The molecule has 0 spiro atoms. The van der Waals surface area contributed by atoms with Gasteiger partial charge in [0.15, 0.2) is 0 Å². The molecule has 0 atom stereocenters. The number of hydrogen-bond donors (Lipinski definition) is 1. The van der Waals surface area contributed by atoms with Gasteiger partial charge in [0.05, 0.1) is 5.69 Å². The Morgan fingerprint density at radius 3 is 2.50 bits per heavy atom. The minimum Gasteiger partial charge on any atom is -0.326 e. The van der Waals surface area contributed by atoms with Crippen LogP contribution >= 0.6 is 0 Å². The number of amides is 2. The van der Waals surface area contributed by atoms with E-state index in [1.165, 1.54) is 0 Å². The van der Waals surface area contributed by atoms with Gasteiger partial charge in [0.1, 0.15) is 12.4 Å². The summed E-state index contributed by atoms with van der Waals surface area (Å²) >= 11 is 0. The van der Waals surface area contributed by atoms with Crippen LogP contribution < -0.4 is 5.32 Å². The van der Waals surface area contributed by atoms with E-state index in [4.69, 9.17) is 0 Å². The molecule has 0 saturated heterocycles. The van der Waals surface area contributed by atoms with E-state index in [-0.39, 0.29) is 17.8 Å². The fourth-order valence-electron chi connectivity index (χ4n) is 1.72. The van der Waals surface area contributed by atoms with Gasteiger partial charge >= 0.3 is 6.18 Å². The van der Waals surface area contributed by atoms with Crippen molar-refractivity contribution in [3.05, 3.63) is 42.2 Å². The third kappa shape index (κ3) is 5.19. The van der Waals surface area contributed by atoms with Crippen molar-refractivity contribution in [1.82, 2.24) is 4.90 Å². The summed E-state index contributed by atoms with van der Waals surface area (Å²) in [6.07, 6.45) is -3.42. The first-order valence-electron chi connectivity index (χ1n) is 6.18. The number of carbonyl (C=O) groups is 2. The number of hydrogen-bond acceptors (Lipinski definition) is 2. The van der Waals surface area contributed by atoms with Gasteiger partial charge in [-0.25, -0.2) is 4.39 Å². The average molecular weight is 318 g/mol. The fourth-order valence-corrected chi connectivity index (χ4v) is 1.72. The molecule has 0 aromatic heterocycles. The molecule has 0 aliphatic heterocycles. The minimum absolute atomic E-state index is 0.170. The Kier molecular flexibility index (Phi) is 5.67. The van der Waals surface area contributed by atoms with Crippen LogP contribution in [0.3, 0.4) is 0 Å². The van der Waals surface area contributed by atoms with Crippen LogP contribution in [0.25, 0.3) is 0 Å². The maximum Gasteiger partial charge on any atom is 0.406 e. The van der Waals surface area contributed by atoms with Crippen molar-refractivity contribution in [3.63, 3.8) is 0 Å². The number of halogens is 4. The van der Waals surface area contributed by atoms with E-state index >= 15 is 0 Å². The van der Waals surface area contributed by atoms with Crippen molar-refractivity contribution >= 4 is 17.5 Å². The van der Waals surface area contributed by atoms with Crippen LogP contribution in [-0.2, 0) is 4.79 Å². The molecule has 1 aromatic carbocycles. The van der Waals surface area contributed by atoms with Gasteiger partial charge in [0.25, 0.3) is 5.91 Å². The molecule has 120 valence electrons. The quantitative estimate of drug-likeness (QED) is 0.670. The summed E-state index contributed by atoms with van der Waals surface area (Å²) in [5, 5.41) is 2.16. The molecule has 1 aromatic rings. The number of nitrogens with zero attached hydrogens (tertiary/aromatic N) is 1. The molecule has 0 saturated carbocycles. The Labute approximate surface area is 124 Å². The lowest BCUT2D eigenvalue weighted by molar-refractivity contribution is -0.139. The van der Waals surface area contributed by atoms with Crippen molar-refractivity contribution in [2.45, 2.75) is 13.1 Å². The predicted octanol–water partition coefficient (Wildman–Crippen LogP) is 2.97. The molecule has 1 N–H and O–H groups in total. The van der Waals surface area contributed by atoms with Gasteiger partial charge in [-0.2, -0.15) is 13.2 Å². The van der Waals surface area contributed by atoms with Crippen LogP contribution in [0, 0.1) is 5.82 Å². The van der Waals surface area contributed by atoms with Gasteiger partial charge in [-0.15, -0.1) is 6.58 Å². The Morgan fingerprint density at radius 2 is 2.00 bits per heavy atom. The summed E-state index contributed by atoms with van der Waals surface area (Å²) < 4.78 is 50.9. The second-order valence-electron chi connectivity index (χ2n) is 4.47. The summed E-state index contributed by atoms with van der Waals surface area (Å²) in [7, 11) is 0. The Balaban J connectivity index is 3.08. The Hall–Kier alpha value is -2.38. The molecule has 0 unspecified atom stereocenters. The first kappa shape index (κ1) is 17.7. The average Bonchev–Trinajstić information content (AvgIpc) is 2.38. The number of anilines is 1. The zero-order valence-corrected chi connectivity index (χ0v) is 11.7. The molecular weight excluding hydrogens is 304 g/mol. The zero-order chi connectivity index (χ0) is 16.9. The first-order chi connectivity index (χ1) is 10.1. The monoisotopic (exact) mass is 318 g/mol. The van der Waals surface area contributed by atoms with Crippen LogP contribution in [0.2, 0.25) is 0 Å². The van der Waals surface area contributed by atoms with E-state index in [1.54, 1.807) is 0 Å². The summed E-state index contributed by atoms with van der Waals surface area (Å²) in [4.78, 5) is 23.6. The second-order valence-corrected chi connectivity index (χ2v) is 4.47. The highest BCUT2D eigenvalue weighted by Crippen LogP contribution is 2.21. The maximum absolute atomic E-state index is 13.5. The van der Waals surface area contributed by atoms with Crippen LogP contribution in [0.4, 0.5) is 23.2 Å². The highest BCUT2D eigenvalue weighted by Gasteiger charge is 2.33. The van der Waals surface area contributed by atoms with Gasteiger partial charge in [0.2, 0.25) is 5.91 Å². The SMILES string of the molecule is C=CCN(CC(F)(F)F)C(=O)c1ccc(F)c(NC(C)=O)c1. The van der Waals surface area contributed by atoms with Crippen molar-refractivity contribution in [1.29, 1.82) is 0 Å². The molecule has 8 heteroatoms. The molecule has 2 amide bonds. The van der Waals surface area contributed by atoms with Crippen LogP contribution in [0.15, 0.2) is 30.9 Å². The standard InChI is InChI=1S/C14H14F4N2O2/c1-3-6-20(8-14(16,17)18)13(22)10-4-5-11(15)12(7-10)19-9(2)21/h3-5,7H,1,6,8H2,2H3,(H,19,21). The summed E-state index contributed by atoms with van der Waals surface area (Å²) in [5.41, 5.74) is -0.444. The van der Waals surface area contributed by atoms with Crippen LogP contribution in [0.1, 0.15) is 17.3 Å². The van der Waals surface area contributed by atoms with Gasteiger partial charge in [0, 0.05) is 19.0 Å². The number of carbonyl (C=O) groups excluding carboxylic acids is 2. The largest absolute Gasteiger partial charge is 0.406 e. The van der Waals surface area contributed by atoms with Gasteiger partial charge < -0.3 is 10.2 Å². The normalized spacial score (nSPS) is 11.0. The third-order valence-electron chi connectivity index (χ3n) is 2.53. The van der Waals surface area contributed by atoms with Gasteiger partial charge in [-0.05, 0) is 18.2 Å². The number of benzene rings is 1. The Bertz CT molecular complexity index is 585. The first-order valence-corrected chi connectivity index (χ1v) is 6.18. The summed E-state index contributed by atoms with van der Waals surface area (Å²) in [5.74, 6) is -2.30. The van der Waals surface area contributed by atoms with E-state index in [1.807, 2.05) is 0 Å². The van der Waals surface area contributed by atoms with Crippen molar-refractivity contribution in [2.24, 2.45) is 0 Å². The van der Waals surface area contributed by atoms with E-state index < -0.39 is 30.4 Å². The number of alkyl halides is 3. The highest BCUT2D eigenvalue weighted by molar-refractivity contribution is 5.97. The van der Waals surface area contributed by atoms with Gasteiger partial charge in [-0.3, -0.25) is 9.59 Å². The van der Waals surface area contributed by atoms with Crippen LogP contribution in [0.5, 0.6) is 0 Å². The minimum atomic E-state index is -4.57. The summed E-state index contributed by atoms with van der Waals surface area (Å²) in [6.45, 7) is 2.67. The molecule has 0 heterocycles. The highest BCUT2D eigenvalue weighted by atomic mass is 19.4. The van der Waals surface area contributed by atoms with Crippen LogP contribution in [-0.4, -0.2) is 36.0 Å². The van der Waals surface area contributed by atoms with Gasteiger partial charge in [-0.1, -0.05) is 6.08 Å². The van der Waals surface area contributed by atoms with E-state index in [9.17, 15) is 27.2 Å². The smallest absolute Gasteiger partial charge is 0.326 e. The number of nitrogens with one attached hydrogen (secondary N) is 1. The van der Waals surface area contributed by atoms with E-state index in [2.05, 4.69) is 11.9 Å². The second kappa shape index (κ2) is 7.06. The lowest BCUT2D eigenvalue weighted by Gasteiger charge is -2.22. The maximum atomic E-state index is 13.5. The van der Waals surface area contributed by atoms with Crippen molar-refractivity contribution < 1.29 is 27.2 Å². The fraction of sp³-hybridized carbons (Fsp3) is 0.286.